The van der Waals surface area contributed by atoms with Gasteiger partial charge in [0.25, 0.3) is 0 Å². The highest BCUT2D eigenvalue weighted by Crippen LogP contribution is 2.25. The molecule has 0 aliphatic rings. The number of methoxy groups -OCH3 is 1. The fourth-order valence-corrected chi connectivity index (χ4v) is 2.47. The third-order valence-corrected chi connectivity index (χ3v) is 4.03. The van der Waals surface area contributed by atoms with Crippen molar-refractivity contribution in [2.24, 2.45) is 0 Å². The average molecular weight is 381 g/mol. The van der Waals surface area contributed by atoms with Crippen molar-refractivity contribution in [3.05, 3.63) is 63.1 Å². The molecule has 0 fully saturated rings. The molecule has 0 atom stereocenters. The summed E-state index contributed by atoms with van der Waals surface area (Å²) in [6.45, 7) is 1.86. The summed E-state index contributed by atoms with van der Waals surface area (Å²) in [7, 11) is 1.59. The van der Waals surface area contributed by atoms with E-state index in [9.17, 15) is 4.79 Å². The number of ether oxygens (including phenoxy) is 1. The molecule has 2 aromatic carbocycles. The maximum absolute atomic E-state index is 12.0. The van der Waals surface area contributed by atoms with E-state index in [1.165, 1.54) is 6.08 Å². The molecule has 114 valence electrons. The smallest absolute Gasteiger partial charge is 0.248 e. The highest BCUT2D eigenvalue weighted by molar-refractivity contribution is 9.10. The molecule has 0 aliphatic heterocycles. The van der Waals surface area contributed by atoms with Crippen LogP contribution in [0.4, 0.5) is 5.69 Å². The number of rotatable bonds is 4. The fraction of sp³-hybridized carbons (Fsp3) is 0.118. The quantitative estimate of drug-likeness (QED) is 0.752. The van der Waals surface area contributed by atoms with E-state index in [0.717, 1.165) is 15.6 Å². The Morgan fingerprint density at radius 2 is 2.09 bits per heavy atom. The van der Waals surface area contributed by atoms with Crippen LogP contribution in [-0.2, 0) is 4.79 Å². The largest absolute Gasteiger partial charge is 0.496 e. The Hall–Kier alpha value is -1.78. The molecule has 0 bridgehead atoms. The van der Waals surface area contributed by atoms with Gasteiger partial charge in [0.05, 0.1) is 7.11 Å². The van der Waals surface area contributed by atoms with Crippen LogP contribution in [-0.4, -0.2) is 13.0 Å². The molecule has 2 rings (SSSR count). The monoisotopic (exact) mass is 379 g/mol. The van der Waals surface area contributed by atoms with E-state index in [1.54, 1.807) is 25.3 Å². The number of amides is 1. The third kappa shape index (κ3) is 4.12. The van der Waals surface area contributed by atoms with Crippen molar-refractivity contribution in [3.63, 3.8) is 0 Å². The van der Waals surface area contributed by atoms with Crippen LogP contribution in [0.2, 0.25) is 5.02 Å². The number of halogens is 2. The first-order valence-corrected chi connectivity index (χ1v) is 7.76. The lowest BCUT2D eigenvalue weighted by Crippen LogP contribution is -2.09. The fourth-order valence-electron chi connectivity index (χ4n) is 1.92. The lowest BCUT2D eigenvalue weighted by Gasteiger charge is -2.08. The Balaban J connectivity index is 2.15. The summed E-state index contributed by atoms with van der Waals surface area (Å²) in [6, 6.07) is 11.0. The summed E-state index contributed by atoms with van der Waals surface area (Å²) in [5.74, 6) is 0.471. The average Bonchev–Trinajstić information content (AvgIpc) is 2.50. The van der Waals surface area contributed by atoms with Gasteiger partial charge in [0.1, 0.15) is 5.75 Å². The predicted octanol–water partition coefficient (Wildman–Crippen LogP) is 5.07. The maximum Gasteiger partial charge on any atom is 0.248 e. The van der Waals surface area contributed by atoms with Gasteiger partial charge in [0.2, 0.25) is 5.91 Å². The number of hydrogen-bond donors (Lipinski definition) is 1. The molecule has 0 spiro atoms. The normalized spacial score (nSPS) is 10.7. The van der Waals surface area contributed by atoms with Crippen LogP contribution in [0.25, 0.3) is 6.08 Å². The van der Waals surface area contributed by atoms with Crippen molar-refractivity contribution in [1.82, 2.24) is 0 Å². The molecule has 0 unspecified atom stereocenters. The number of benzene rings is 2. The molecule has 0 heterocycles. The van der Waals surface area contributed by atoms with Crippen LogP contribution in [0.15, 0.2) is 46.9 Å². The lowest BCUT2D eigenvalue weighted by atomic mass is 10.1. The van der Waals surface area contributed by atoms with E-state index in [-0.39, 0.29) is 5.91 Å². The Morgan fingerprint density at radius 1 is 1.32 bits per heavy atom. The predicted molar refractivity (Wildman–Crippen MR) is 94.5 cm³/mol. The van der Waals surface area contributed by atoms with Crippen LogP contribution in [0, 0.1) is 6.92 Å². The van der Waals surface area contributed by atoms with E-state index >= 15 is 0 Å². The van der Waals surface area contributed by atoms with Gasteiger partial charge in [-0.05, 0) is 48.9 Å². The van der Waals surface area contributed by atoms with Gasteiger partial charge in [-0.15, -0.1) is 0 Å². The minimum absolute atomic E-state index is 0.229. The van der Waals surface area contributed by atoms with Gasteiger partial charge in [0, 0.05) is 26.8 Å². The number of carbonyl (C=O) groups is 1. The molecular weight excluding hydrogens is 366 g/mol. The molecule has 0 aliphatic carbocycles. The Labute approximate surface area is 143 Å². The standard InChI is InChI=1S/C17H15BrClNO2/c1-11-14(19)4-3-5-15(11)20-17(21)9-6-12-10-13(18)7-8-16(12)22-2/h3-10H,1-2H3,(H,20,21)/b9-6+. The van der Waals surface area contributed by atoms with Gasteiger partial charge in [-0.2, -0.15) is 0 Å². The SMILES string of the molecule is COc1ccc(Br)cc1/C=C/C(=O)Nc1cccc(Cl)c1C. The summed E-state index contributed by atoms with van der Waals surface area (Å²) in [4.78, 5) is 12.0. The van der Waals surface area contributed by atoms with Gasteiger partial charge in [-0.3, -0.25) is 4.79 Å². The highest BCUT2D eigenvalue weighted by Gasteiger charge is 2.05. The minimum atomic E-state index is -0.229. The zero-order valence-corrected chi connectivity index (χ0v) is 14.5. The third-order valence-electron chi connectivity index (χ3n) is 3.13. The Morgan fingerprint density at radius 3 is 2.82 bits per heavy atom. The maximum atomic E-state index is 12.0. The zero-order chi connectivity index (χ0) is 16.1. The van der Waals surface area contributed by atoms with Crippen LogP contribution < -0.4 is 10.1 Å². The van der Waals surface area contributed by atoms with E-state index < -0.39 is 0 Å². The summed E-state index contributed by atoms with van der Waals surface area (Å²) in [6.07, 6.45) is 3.17. The van der Waals surface area contributed by atoms with Gasteiger partial charge in [-0.1, -0.05) is 33.6 Å². The first-order chi connectivity index (χ1) is 10.5. The number of nitrogens with one attached hydrogen (secondary N) is 1. The molecule has 0 aromatic heterocycles. The van der Waals surface area contributed by atoms with Gasteiger partial charge in [0.15, 0.2) is 0 Å². The highest BCUT2D eigenvalue weighted by atomic mass is 79.9. The molecular formula is C17H15BrClNO2. The molecule has 2 aromatic rings. The summed E-state index contributed by atoms with van der Waals surface area (Å²) in [5.41, 5.74) is 2.35. The number of carbonyl (C=O) groups excluding carboxylic acids is 1. The molecule has 1 N–H and O–H groups in total. The molecule has 0 saturated heterocycles. The molecule has 1 amide bonds. The summed E-state index contributed by atoms with van der Waals surface area (Å²) < 4.78 is 6.18. The van der Waals surface area contributed by atoms with E-state index in [4.69, 9.17) is 16.3 Å². The van der Waals surface area contributed by atoms with Crippen molar-refractivity contribution in [2.75, 3.05) is 12.4 Å². The van der Waals surface area contributed by atoms with Crippen LogP contribution >= 0.6 is 27.5 Å². The molecule has 0 radical (unpaired) electrons. The topological polar surface area (TPSA) is 38.3 Å². The van der Waals surface area contributed by atoms with Crippen molar-refractivity contribution < 1.29 is 9.53 Å². The lowest BCUT2D eigenvalue weighted by molar-refractivity contribution is -0.111. The molecule has 0 saturated carbocycles. The Bertz CT molecular complexity index is 729. The molecule has 3 nitrogen and oxygen atoms in total. The first-order valence-electron chi connectivity index (χ1n) is 6.59. The van der Waals surface area contributed by atoms with Gasteiger partial charge < -0.3 is 10.1 Å². The van der Waals surface area contributed by atoms with Crippen molar-refractivity contribution >= 4 is 45.2 Å². The summed E-state index contributed by atoms with van der Waals surface area (Å²) in [5, 5.41) is 3.43. The van der Waals surface area contributed by atoms with E-state index in [2.05, 4.69) is 21.2 Å². The molecule has 5 heteroatoms. The van der Waals surface area contributed by atoms with E-state index in [0.29, 0.717) is 16.5 Å². The van der Waals surface area contributed by atoms with Crippen molar-refractivity contribution in [1.29, 1.82) is 0 Å². The van der Waals surface area contributed by atoms with E-state index in [1.807, 2.05) is 31.2 Å². The minimum Gasteiger partial charge on any atom is -0.496 e. The molecule has 22 heavy (non-hydrogen) atoms. The van der Waals surface area contributed by atoms with Crippen LogP contribution in [0.1, 0.15) is 11.1 Å². The van der Waals surface area contributed by atoms with Gasteiger partial charge in [-0.25, -0.2) is 0 Å². The number of anilines is 1. The first kappa shape index (κ1) is 16.6. The second kappa shape index (κ2) is 7.47. The second-order valence-electron chi connectivity index (χ2n) is 4.62. The second-order valence-corrected chi connectivity index (χ2v) is 5.94. The van der Waals surface area contributed by atoms with Crippen LogP contribution in [0.5, 0.6) is 5.75 Å². The van der Waals surface area contributed by atoms with Crippen molar-refractivity contribution in [2.45, 2.75) is 6.92 Å². The summed E-state index contributed by atoms with van der Waals surface area (Å²) >= 11 is 9.44. The zero-order valence-electron chi connectivity index (χ0n) is 12.2. The number of hydrogen-bond acceptors (Lipinski definition) is 2. The van der Waals surface area contributed by atoms with Crippen molar-refractivity contribution in [3.8, 4) is 5.75 Å². The van der Waals surface area contributed by atoms with Crippen LogP contribution in [0.3, 0.4) is 0 Å². The Kier molecular flexibility index (Phi) is 5.63. The van der Waals surface area contributed by atoms with Gasteiger partial charge >= 0.3 is 0 Å².